The summed E-state index contributed by atoms with van der Waals surface area (Å²) in [7, 11) is 0. The van der Waals surface area contributed by atoms with Crippen LogP contribution in [0.25, 0.3) is 11.0 Å². The number of fused-ring (bicyclic) bond motifs is 1. The van der Waals surface area contributed by atoms with E-state index in [2.05, 4.69) is 4.98 Å². The van der Waals surface area contributed by atoms with Gasteiger partial charge in [0, 0.05) is 48.3 Å². The lowest BCUT2D eigenvalue weighted by Gasteiger charge is -2.34. The van der Waals surface area contributed by atoms with E-state index >= 15 is 0 Å². The highest BCUT2D eigenvalue weighted by Gasteiger charge is 2.38. The summed E-state index contributed by atoms with van der Waals surface area (Å²) in [5.74, 6) is -0.466. The number of benzene rings is 2. The molecule has 14 heteroatoms. The van der Waals surface area contributed by atoms with Crippen LogP contribution in [0.1, 0.15) is 21.8 Å². The molecule has 0 N–H and O–H groups in total. The molecule has 2 amide bonds. The molecule has 5 rings (SSSR count). The van der Waals surface area contributed by atoms with Crippen LogP contribution in [-0.4, -0.2) is 57.7 Å². The van der Waals surface area contributed by atoms with E-state index in [1.807, 2.05) is 0 Å². The van der Waals surface area contributed by atoms with Gasteiger partial charge in [-0.3, -0.25) is 24.7 Å². The van der Waals surface area contributed by atoms with Crippen molar-refractivity contribution in [2.24, 2.45) is 0 Å². The number of aromatic nitrogens is 1. The van der Waals surface area contributed by atoms with Gasteiger partial charge in [0.05, 0.1) is 17.5 Å². The molecule has 0 unspecified atom stereocenters. The average Bonchev–Trinajstić information content (AvgIpc) is 3.36. The molecule has 41 heavy (non-hydrogen) atoms. The molecule has 1 fully saturated rings. The fourth-order valence-electron chi connectivity index (χ4n) is 4.38. The number of piperazine rings is 1. The number of furan rings is 1. The van der Waals surface area contributed by atoms with Gasteiger partial charge in [-0.2, -0.15) is 13.2 Å². The van der Waals surface area contributed by atoms with Crippen LogP contribution < -0.4 is 4.74 Å². The number of nitro groups is 1. The van der Waals surface area contributed by atoms with Gasteiger partial charge in [-0.05, 0) is 48.5 Å². The molecule has 1 saturated heterocycles. The molecule has 0 spiro atoms. The number of ether oxygens (including phenoxy) is 1. The summed E-state index contributed by atoms with van der Waals surface area (Å²) in [6.07, 6.45) is -3.73. The third-order valence-corrected chi connectivity index (χ3v) is 6.68. The molecule has 1 aliphatic heterocycles. The number of halogens is 4. The van der Waals surface area contributed by atoms with E-state index in [1.54, 1.807) is 34.1 Å². The SMILES string of the molecule is O=C(Cc1ccc(Oc2ccc([N+](=O)[O-])c(C(F)(F)F)c2)cn1)N1CCN(C(=O)c2cc3cc(Cl)ccc3o2)CC1. The van der Waals surface area contributed by atoms with Gasteiger partial charge in [0.2, 0.25) is 5.91 Å². The molecule has 3 heterocycles. The summed E-state index contributed by atoms with van der Waals surface area (Å²) in [4.78, 5) is 42.9. The van der Waals surface area contributed by atoms with Crippen LogP contribution in [0.2, 0.25) is 5.02 Å². The zero-order valence-electron chi connectivity index (χ0n) is 21.1. The topological polar surface area (TPSA) is 119 Å². The Morgan fingerprint density at radius 1 is 1.00 bits per heavy atom. The molecule has 0 aliphatic carbocycles. The first-order valence-electron chi connectivity index (χ1n) is 12.2. The summed E-state index contributed by atoms with van der Waals surface area (Å²) in [6.45, 7) is 1.27. The van der Waals surface area contributed by atoms with Gasteiger partial charge in [-0.1, -0.05) is 11.6 Å². The molecule has 4 aromatic rings. The third kappa shape index (κ3) is 6.24. The van der Waals surface area contributed by atoms with Gasteiger partial charge < -0.3 is 19.0 Å². The van der Waals surface area contributed by atoms with Crippen LogP contribution in [0, 0.1) is 10.1 Å². The predicted molar refractivity (Wildman–Crippen MR) is 140 cm³/mol. The van der Waals surface area contributed by atoms with E-state index in [9.17, 15) is 32.9 Å². The highest BCUT2D eigenvalue weighted by Crippen LogP contribution is 2.39. The molecule has 212 valence electrons. The first-order valence-corrected chi connectivity index (χ1v) is 12.6. The number of carbonyl (C=O) groups is 2. The fourth-order valence-corrected chi connectivity index (χ4v) is 4.56. The maximum absolute atomic E-state index is 13.2. The molecule has 10 nitrogen and oxygen atoms in total. The number of alkyl halides is 3. The van der Waals surface area contributed by atoms with Gasteiger partial charge in [0.15, 0.2) is 5.76 Å². The first-order chi connectivity index (χ1) is 19.5. The van der Waals surface area contributed by atoms with E-state index in [1.165, 1.54) is 18.3 Å². The lowest BCUT2D eigenvalue weighted by atomic mass is 10.1. The Hall–Kier alpha value is -4.65. The van der Waals surface area contributed by atoms with Crippen LogP contribution in [0.3, 0.4) is 0 Å². The lowest BCUT2D eigenvalue weighted by Crippen LogP contribution is -2.51. The second-order valence-electron chi connectivity index (χ2n) is 9.16. The molecule has 2 aromatic heterocycles. The first kappa shape index (κ1) is 27.9. The maximum atomic E-state index is 13.2. The smallest absolute Gasteiger partial charge is 0.423 e. The van der Waals surface area contributed by atoms with Crippen LogP contribution in [0.15, 0.2) is 65.2 Å². The van der Waals surface area contributed by atoms with Crippen molar-refractivity contribution in [2.45, 2.75) is 12.6 Å². The van der Waals surface area contributed by atoms with E-state index in [0.29, 0.717) is 48.5 Å². The molecule has 1 aliphatic rings. The highest BCUT2D eigenvalue weighted by atomic mass is 35.5. The Bertz CT molecular complexity index is 1630. The van der Waals surface area contributed by atoms with Gasteiger partial charge in [0.1, 0.15) is 22.6 Å². The molecular weight excluding hydrogens is 569 g/mol. The van der Waals surface area contributed by atoms with Crippen molar-refractivity contribution in [3.8, 4) is 11.5 Å². The minimum Gasteiger partial charge on any atom is -0.456 e. The standard InChI is InChI=1S/C27H20ClF3N4O6/c28-17-1-6-23-16(11-17)12-24(41-23)26(37)34-9-7-33(8-10-34)25(36)13-18-2-3-20(15-32-18)40-19-4-5-22(35(38)39)21(14-19)27(29,30)31/h1-6,11-12,14-15H,7-10,13H2. The number of rotatable bonds is 6. The van der Waals surface area contributed by atoms with Crippen LogP contribution in [0.4, 0.5) is 18.9 Å². The fraction of sp³-hybridized carbons (Fsp3) is 0.222. The van der Waals surface area contributed by atoms with Crippen LogP contribution in [-0.2, 0) is 17.4 Å². The largest absolute Gasteiger partial charge is 0.456 e. The van der Waals surface area contributed by atoms with Crippen LogP contribution >= 0.6 is 11.6 Å². The van der Waals surface area contributed by atoms with Gasteiger partial charge in [-0.25, -0.2) is 0 Å². The van der Waals surface area contributed by atoms with Crippen molar-refractivity contribution >= 4 is 40.1 Å². The van der Waals surface area contributed by atoms with Crippen LogP contribution in [0.5, 0.6) is 11.5 Å². The molecular formula is C27H20ClF3N4O6. The second kappa shape index (κ2) is 11.1. The monoisotopic (exact) mass is 588 g/mol. The van der Waals surface area contributed by atoms with Crippen molar-refractivity contribution in [3.05, 3.63) is 92.9 Å². The molecule has 2 aromatic carbocycles. The van der Waals surface area contributed by atoms with E-state index in [4.69, 9.17) is 20.8 Å². The van der Waals surface area contributed by atoms with Crippen molar-refractivity contribution in [1.82, 2.24) is 14.8 Å². The Morgan fingerprint density at radius 2 is 1.71 bits per heavy atom. The quantitative estimate of drug-likeness (QED) is 0.208. The lowest BCUT2D eigenvalue weighted by molar-refractivity contribution is -0.388. The van der Waals surface area contributed by atoms with E-state index in [0.717, 1.165) is 17.5 Å². The van der Waals surface area contributed by atoms with Crippen molar-refractivity contribution < 1.29 is 36.8 Å². The summed E-state index contributed by atoms with van der Waals surface area (Å²) in [5, 5.41) is 12.2. The molecule has 0 bridgehead atoms. The average molecular weight is 589 g/mol. The minimum atomic E-state index is -4.94. The minimum absolute atomic E-state index is 0.0334. The van der Waals surface area contributed by atoms with E-state index in [-0.39, 0.29) is 35.5 Å². The predicted octanol–water partition coefficient (Wildman–Crippen LogP) is 5.73. The summed E-state index contributed by atoms with van der Waals surface area (Å²) < 4.78 is 50.7. The number of hydrogen-bond donors (Lipinski definition) is 0. The molecule has 0 atom stereocenters. The summed E-state index contributed by atoms with van der Waals surface area (Å²) in [6, 6.07) is 12.0. The zero-order valence-corrected chi connectivity index (χ0v) is 21.8. The number of pyridine rings is 1. The Morgan fingerprint density at radius 3 is 2.37 bits per heavy atom. The second-order valence-corrected chi connectivity index (χ2v) is 9.60. The number of hydrogen-bond acceptors (Lipinski definition) is 7. The number of nitro benzene ring substituents is 1. The Labute approximate surface area is 235 Å². The zero-order chi connectivity index (χ0) is 29.3. The number of carbonyl (C=O) groups excluding carboxylic acids is 2. The maximum Gasteiger partial charge on any atom is 0.423 e. The summed E-state index contributed by atoms with van der Waals surface area (Å²) >= 11 is 5.99. The van der Waals surface area contributed by atoms with Gasteiger partial charge in [-0.15, -0.1) is 0 Å². The Balaban J connectivity index is 1.16. The number of nitrogens with zero attached hydrogens (tertiary/aromatic N) is 4. The van der Waals surface area contributed by atoms with Gasteiger partial charge >= 0.3 is 6.18 Å². The molecule has 0 saturated carbocycles. The third-order valence-electron chi connectivity index (χ3n) is 6.44. The van der Waals surface area contributed by atoms with Gasteiger partial charge in [0.25, 0.3) is 11.6 Å². The van der Waals surface area contributed by atoms with Crippen molar-refractivity contribution in [1.29, 1.82) is 0 Å². The summed E-state index contributed by atoms with van der Waals surface area (Å²) in [5.41, 5.74) is -1.56. The Kier molecular flexibility index (Phi) is 7.54. The van der Waals surface area contributed by atoms with Crippen molar-refractivity contribution in [3.63, 3.8) is 0 Å². The molecule has 0 radical (unpaired) electrons. The highest BCUT2D eigenvalue weighted by molar-refractivity contribution is 6.31. The van der Waals surface area contributed by atoms with E-state index < -0.39 is 22.4 Å². The normalized spacial score (nSPS) is 13.9. The van der Waals surface area contributed by atoms with Crippen molar-refractivity contribution in [2.75, 3.05) is 26.2 Å². The number of amides is 2.